The Labute approximate surface area is 320 Å². The fraction of sp³-hybridized carbons (Fsp3) is 0.846. The topological polar surface area (TPSA) is 0 Å². The molecule has 10 fully saturated rings. The molecule has 12 rings (SSSR count). The SMILES string of the molecule is CC1(C)CCC(C)(C)C2=CC3C(C=C21)C1C=C2C(=CC1C3C1(C)C3CC(C45CC6CC(CC(C6)C4)C5)CC3[C@H]3CCCC[C@H]31)C(C)(C)CCC2(C)C. The molecular formula is C52H76. The molecule has 0 heterocycles. The Hall–Kier alpha value is -1.04. The Bertz CT molecular complexity index is 1550. The predicted molar refractivity (Wildman–Crippen MR) is 217 cm³/mol. The number of hydrogen-bond acceptors (Lipinski definition) is 0. The number of fused-ring (bicyclic) bond motifs is 8. The summed E-state index contributed by atoms with van der Waals surface area (Å²) in [5.74, 6) is 11.8. The minimum Gasteiger partial charge on any atom is -0.0764 e. The molecule has 52 heavy (non-hydrogen) atoms. The van der Waals surface area contributed by atoms with Gasteiger partial charge in [0.25, 0.3) is 0 Å². The maximum absolute atomic E-state index is 3.04. The summed E-state index contributed by atoms with van der Waals surface area (Å²) in [6.45, 7) is 23.8. The molecule has 0 radical (unpaired) electrons. The van der Waals surface area contributed by atoms with Gasteiger partial charge in [0.2, 0.25) is 0 Å². The number of hydrogen-bond donors (Lipinski definition) is 0. The van der Waals surface area contributed by atoms with Gasteiger partial charge in [0.15, 0.2) is 0 Å². The summed E-state index contributed by atoms with van der Waals surface area (Å²) in [4.78, 5) is 0. The van der Waals surface area contributed by atoms with E-state index in [9.17, 15) is 0 Å². The largest absolute Gasteiger partial charge is 0.0764 e. The molecule has 0 N–H and O–H groups in total. The van der Waals surface area contributed by atoms with Crippen LogP contribution in [0, 0.1) is 109 Å². The van der Waals surface area contributed by atoms with E-state index >= 15 is 0 Å². The van der Waals surface area contributed by atoms with Crippen molar-refractivity contribution in [1.29, 1.82) is 0 Å². The van der Waals surface area contributed by atoms with Crippen LogP contribution in [-0.2, 0) is 0 Å². The van der Waals surface area contributed by atoms with Crippen molar-refractivity contribution in [3.05, 3.63) is 46.6 Å². The van der Waals surface area contributed by atoms with Crippen LogP contribution in [0.25, 0.3) is 0 Å². The van der Waals surface area contributed by atoms with Gasteiger partial charge in [-0.25, -0.2) is 0 Å². The minimum absolute atomic E-state index is 0.294. The zero-order valence-electron chi connectivity index (χ0n) is 35.1. The van der Waals surface area contributed by atoms with Crippen molar-refractivity contribution < 1.29 is 0 Å². The molecule has 12 aliphatic rings. The summed E-state index contributed by atoms with van der Waals surface area (Å²) in [6, 6.07) is 0. The second kappa shape index (κ2) is 10.7. The fourth-order valence-corrected chi connectivity index (χ4v) is 18.9. The Morgan fingerprint density at radius 2 is 0.865 bits per heavy atom. The van der Waals surface area contributed by atoms with E-state index in [1.165, 1.54) is 44.9 Å². The van der Waals surface area contributed by atoms with Crippen molar-refractivity contribution >= 4 is 0 Å². The van der Waals surface area contributed by atoms with Crippen LogP contribution in [0.1, 0.15) is 165 Å². The molecule has 12 aliphatic carbocycles. The minimum atomic E-state index is 0.294. The average molecular weight is 701 g/mol. The first-order valence-electron chi connectivity index (χ1n) is 23.4. The molecule has 0 spiro atoms. The molecule has 10 atom stereocenters. The van der Waals surface area contributed by atoms with E-state index in [4.69, 9.17) is 0 Å². The van der Waals surface area contributed by atoms with Crippen LogP contribution in [0.2, 0.25) is 0 Å². The van der Waals surface area contributed by atoms with Gasteiger partial charge in [-0.15, -0.1) is 0 Å². The monoisotopic (exact) mass is 701 g/mol. The molecule has 0 heteroatoms. The van der Waals surface area contributed by atoms with E-state index in [1.54, 1.807) is 80.1 Å². The molecule has 0 amide bonds. The van der Waals surface area contributed by atoms with Crippen LogP contribution < -0.4 is 0 Å². The highest BCUT2D eigenvalue weighted by atomic mass is 14.7. The Morgan fingerprint density at radius 3 is 1.33 bits per heavy atom. The van der Waals surface area contributed by atoms with Crippen LogP contribution in [0.3, 0.4) is 0 Å². The Kier molecular flexibility index (Phi) is 7.02. The molecule has 0 saturated heterocycles. The zero-order valence-corrected chi connectivity index (χ0v) is 35.1. The lowest BCUT2D eigenvalue weighted by Crippen LogP contribution is -2.50. The van der Waals surface area contributed by atoms with Gasteiger partial charge in [-0.3, -0.25) is 0 Å². The first-order chi connectivity index (χ1) is 24.5. The van der Waals surface area contributed by atoms with Crippen molar-refractivity contribution in [2.45, 2.75) is 165 Å². The molecule has 0 aromatic carbocycles. The van der Waals surface area contributed by atoms with Crippen molar-refractivity contribution in [3.8, 4) is 0 Å². The summed E-state index contributed by atoms with van der Waals surface area (Å²) >= 11 is 0. The lowest BCUT2D eigenvalue weighted by atomic mass is 9.45. The van der Waals surface area contributed by atoms with Gasteiger partial charge in [-0.1, -0.05) is 99.5 Å². The van der Waals surface area contributed by atoms with Crippen molar-refractivity contribution in [2.24, 2.45) is 109 Å². The summed E-state index contributed by atoms with van der Waals surface area (Å²) in [6.07, 6.45) is 36.4. The molecular weight excluding hydrogens is 625 g/mol. The summed E-state index contributed by atoms with van der Waals surface area (Å²) in [7, 11) is 0. The van der Waals surface area contributed by atoms with Crippen LogP contribution in [0.15, 0.2) is 46.6 Å². The third-order valence-electron chi connectivity index (χ3n) is 21.1. The van der Waals surface area contributed by atoms with Crippen LogP contribution >= 0.6 is 0 Å². The number of allylic oxidation sites excluding steroid dienone is 8. The van der Waals surface area contributed by atoms with E-state index in [0.29, 0.717) is 50.7 Å². The normalized spacial score (nSPS) is 53.7. The van der Waals surface area contributed by atoms with E-state index in [0.717, 1.165) is 58.7 Å². The van der Waals surface area contributed by atoms with Crippen LogP contribution in [0.5, 0.6) is 0 Å². The first kappa shape index (κ1) is 34.2. The highest BCUT2D eigenvalue weighted by Gasteiger charge is 2.70. The zero-order chi connectivity index (χ0) is 36.0. The van der Waals surface area contributed by atoms with Crippen molar-refractivity contribution in [1.82, 2.24) is 0 Å². The lowest BCUT2D eigenvalue weighted by Gasteiger charge is -2.60. The predicted octanol–water partition coefficient (Wildman–Crippen LogP) is 14.2. The second-order valence-corrected chi connectivity index (χ2v) is 25.3. The molecule has 8 unspecified atom stereocenters. The first-order valence-corrected chi connectivity index (χ1v) is 23.4. The van der Waals surface area contributed by atoms with Gasteiger partial charge in [0.1, 0.15) is 0 Å². The van der Waals surface area contributed by atoms with Gasteiger partial charge in [-0.2, -0.15) is 0 Å². The molecule has 284 valence electrons. The molecule has 0 aromatic heterocycles. The third kappa shape index (κ3) is 4.46. The maximum atomic E-state index is 3.04. The second-order valence-electron chi connectivity index (χ2n) is 25.3. The molecule has 0 aromatic rings. The van der Waals surface area contributed by atoms with Crippen LogP contribution in [0.4, 0.5) is 0 Å². The lowest BCUT2D eigenvalue weighted by molar-refractivity contribution is -0.0927. The fourth-order valence-electron chi connectivity index (χ4n) is 18.9. The van der Waals surface area contributed by atoms with Crippen molar-refractivity contribution in [2.75, 3.05) is 0 Å². The highest BCUT2D eigenvalue weighted by Crippen LogP contribution is 2.77. The van der Waals surface area contributed by atoms with E-state index in [1.807, 2.05) is 0 Å². The van der Waals surface area contributed by atoms with E-state index < -0.39 is 0 Å². The van der Waals surface area contributed by atoms with Gasteiger partial charge >= 0.3 is 0 Å². The molecule has 4 bridgehead atoms. The maximum Gasteiger partial charge on any atom is -0.00921 e. The summed E-state index contributed by atoms with van der Waals surface area (Å²) in [5, 5.41) is 0. The van der Waals surface area contributed by atoms with Crippen LogP contribution in [-0.4, -0.2) is 0 Å². The van der Waals surface area contributed by atoms with E-state index in [2.05, 4.69) is 86.6 Å². The molecule has 0 aliphatic heterocycles. The smallest absolute Gasteiger partial charge is 0.00921 e. The van der Waals surface area contributed by atoms with Gasteiger partial charge < -0.3 is 0 Å². The van der Waals surface area contributed by atoms with Gasteiger partial charge in [-0.05, 0) is 222 Å². The van der Waals surface area contributed by atoms with Crippen molar-refractivity contribution in [3.63, 3.8) is 0 Å². The third-order valence-corrected chi connectivity index (χ3v) is 21.1. The molecule has 0 nitrogen and oxygen atoms in total. The molecule has 10 saturated carbocycles. The standard InChI is InChI=1S/C52H76/c1-47(2)14-16-49(5,6)44-25-38-35(23-42(44)47)36-24-43-45(50(7,8)17-15-48(43,3)4)26-39(36)46(38)51(9)40-13-11-10-12-34(40)37-21-33(22-41(37)51)52-27-30-18-31(28-52)20-32(19-30)29-52/h23-26,30-41,46H,10-22,27-29H2,1-9H3/t30?,31?,32?,33?,34-,35?,36?,37?,38?,39?,40-,41?,46?,51?,52?/m1/s1. The summed E-state index contributed by atoms with van der Waals surface area (Å²) in [5.41, 5.74) is 9.45. The number of rotatable bonds is 2. The average Bonchev–Trinajstić information content (AvgIpc) is 3.74. The van der Waals surface area contributed by atoms with E-state index in [-0.39, 0.29) is 0 Å². The van der Waals surface area contributed by atoms with Gasteiger partial charge in [0, 0.05) is 0 Å². The summed E-state index contributed by atoms with van der Waals surface area (Å²) < 4.78 is 0. The van der Waals surface area contributed by atoms with Gasteiger partial charge in [0.05, 0.1) is 0 Å². The Balaban J connectivity index is 1.06. The highest BCUT2D eigenvalue weighted by molar-refractivity contribution is 5.52. The Morgan fingerprint density at radius 1 is 0.442 bits per heavy atom. The quantitative estimate of drug-likeness (QED) is 0.269.